The van der Waals surface area contributed by atoms with Gasteiger partial charge < -0.3 is 14.7 Å². The van der Waals surface area contributed by atoms with E-state index < -0.39 is 0 Å². The maximum Gasteiger partial charge on any atom is 0.266 e. The van der Waals surface area contributed by atoms with E-state index in [4.69, 9.17) is 4.52 Å². The molecule has 0 spiro atoms. The van der Waals surface area contributed by atoms with E-state index in [1.807, 2.05) is 30.3 Å². The van der Waals surface area contributed by atoms with Crippen LogP contribution in [0.5, 0.6) is 0 Å². The molecule has 1 aliphatic carbocycles. The molecule has 1 aliphatic heterocycles. The summed E-state index contributed by atoms with van der Waals surface area (Å²) in [5.41, 5.74) is 0.925. The summed E-state index contributed by atoms with van der Waals surface area (Å²) in [6, 6.07) is 10.2. The molecule has 1 saturated carbocycles. The van der Waals surface area contributed by atoms with E-state index in [-0.39, 0.29) is 5.91 Å². The van der Waals surface area contributed by atoms with Crippen molar-refractivity contribution >= 4 is 11.9 Å². The van der Waals surface area contributed by atoms with Crippen LogP contribution in [0.3, 0.4) is 0 Å². The molecule has 2 fully saturated rings. The Morgan fingerprint density at radius 1 is 1.11 bits per heavy atom. The summed E-state index contributed by atoms with van der Waals surface area (Å²) in [6.07, 6.45) is 4.67. The van der Waals surface area contributed by atoms with Gasteiger partial charge in [-0.05, 0) is 48.9 Å². The van der Waals surface area contributed by atoms with Crippen molar-refractivity contribution in [1.82, 2.24) is 20.4 Å². The maximum absolute atomic E-state index is 12.4. The Morgan fingerprint density at radius 2 is 1.82 bits per heavy atom. The lowest BCUT2D eigenvalue weighted by molar-refractivity contribution is -0.123. The van der Waals surface area contributed by atoms with Gasteiger partial charge in [-0.15, -0.1) is 0 Å². The average molecular weight is 383 g/mol. The number of amides is 1. The minimum Gasteiger partial charge on any atom is -0.352 e. The number of nitrogens with one attached hydrogen (secondary N) is 1. The van der Waals surface area contributed by atoms with Crippen molar-refractivity contribution in [3.63, 3.8) is 0 Å². The number of hydrogen-bond acceptors (Lipinski definition) is 6. The molecule has 2 aromatic rings. The minimum atomic E-state index is 0.152. The Hall–Kier alpha value is -2.41. The summed E-state index contributed by atoms with van der Waals surface area (Å²) in [7, 11) is 0. The van der Waals surface area contributed by atoms with E-state index in [1.54, 1.807) is 0 Å². The highest BCUT2D eigenvalue weighted by atomic mass is 16.5. The van der Waals surface area contributed by atoms with Crippen LogP contribution in [0.2, 0.25) is 0 Å². The highest BCUT2D eigenvalue weighted by Crippen LogP contribution is 2.23. The molecule has 1 aromatic heterocycles. The third-order valence-corrected chi connectivity index (χ3v) is 5.84. The van der Waals surface area contributed by atoms with Crippen LogP contribution in [0.15, 0.2) is 34.9 Å². The van der Waals surface area contributed by atoms with Crippen LogP contribution >= 0.6 is 0 Å². The van der Waals surface area contributed by atoms with E-state index in [0.29, 0.717) is 24.4 Å². The first-order chi connectivity index (χ1) is 13.7. The first-order valence-corrected chi connectivity index (χ1v) is 10.3. The Balaban J connectivity index is 1.23. The molecule has 2 heterocycles. The van der Waals surface area contributed by atoms with E-state index in [9.17, 15) is 4.79 Å². The molecule has 7 heteroatoms. The van der Waals surface area contributed by atoms with Crippen LogP contribution in [0.25, 0.3) is 11.5 Å². The number of aromatic nitrogens is 2. The largest absolute Gasteiger partial charge is 0.352 e. The molecule has 150 valence electrons. The van der Waals surface area contributed by atoms with Gasteiger partial charge in [0.15, 0.2) is 0 Å². The molecule has 2 aliphatic rings. The molecule has 1 N–H and O–H groups in total. The van der Waals surface area contributed by atoms with Gasteiger partial charge >= 0.3 is 0 Å². The molecule has 28 heavy (non-hydrogen) atoms. The Labute approximate surface area is 166 Å². The molecular weight excluding hydrogens is 354 g/mol. The molecular formula is C21H29N5O2. The number of anilines is 1. The number of benzene rings is 1. The number of carbonyl (C=O) groups is 1. The summed E-state index contributed by atoms with van der Waals surface area (Å²) in [5, 5.41) is 7.34. The highest BCUT2D eigenvalue weighted by Gasteiger charge is 2.24. The topological polar surface area (TPSA) is 74.5 Å². The average Bonchev–Trinajstić information content (AvgIpc) is 3.21. The number of rotatable bonds is 5. The monoisotopic (exact) mass is 383 g/mol. The lowest BCUT2D eigenvalue weighted by atomic mass is 9.87. The summed E-state index contributed by atoms with van der Waals surface area (Å²) in [4.78, 5) is 21.2. The van der Waals surface area contributed by atoms with Gasteiger partial charge in [-0.25, -0.2) is 0 Å². The third-order valence-electron chi connectivity index (χ3n) is 5.84. The fourth-order valence-electron chi connectivity index (χ4n) is 4.03. The fourth-order valence-corrected chi connectivity index (χ4v) is 4.03. The van der Waals surface area contributed by atoms with Gasteiger partial charge in [-0.3, -0.25) is 9.69 Å². The van der Waals surface area contributed by atoms with Crippen LogP contribution in [0.1, 0.15) is 32.6 Å². The quantitative estimate of drug-likeness (QED) is 0.855. The van der Waals surface area contributed by atoms with Gasteiger partial charge in [0.2, 0.25) is 5.91 Å². The SMILES string of the molecule is CC1CCC(NC(=O)CN2CCN(c3noc(-c4ccccc4)n3)CC2)CC1. The normalized spacial score (nSPS) is 23.5. The number of carbonyl (C=O) groups excluding carboxylic acids is 1. The first kappa shape index (κ1) is 18.9. The van der Waals surface area contributed by atoms with Crippen molar-refractivity contribution in [3.05, 3.63) is 30.3 Å². The standard InChI is InChI=1S/C21H29N5O2/c1-16-7-9-18(10-8-16)22-19(27)15-25-11-13-26(14-12-25)21-23-20(28-24-21)17-5-3-2-4-6-17/h2-6,16,18H,7-15H2,1H3,(H,22,27). The lowest BCUT2D eigenvalue weighted by Crippen LogP contribution is -2.51. The second-order valence-corrected chi connectivity index (χ2v) is 8.05. The van der Waals surface area contributed by atoms with Gasteiger partial charge in [-0.1, -0.05) is 25.1 Å². The predicted molar refractivity (Wildman–Crippen MR) is 108 cm³/mol. The van der Waals surface area contributed by atoms with Crippen molar-refractivity contribution in [3.8, 4) is 11.5 Å². The molecule has 4 rings (SSSR count). The zero-order valence-electron chi connectivity index (χ0n) is 16.5. The zero-order chi connectivity index (χ0) is 19.3. The molecule has 1 aromatic carbocycles. The molecule has 0 atom stereocenters. The molecule has 1 amide bonds. The van der Waals surface area contributed by atoms with Gasteiger partial charge in [0, 0.05) is 37.8 Å². The Kier molecular flexibility index (Phi) is 5.90. The van der Waals surface area contributed by atoms with Crippen LogP contribution in [-0.4, -0.2) is 59.7 Å². The van der Waals surface area contributed by atoms with Crippen molar-refractivity contribution < 1.29 is 9.32 Å². The van der Waals surface area contributed by atoms with Gasteiger partial charge in [-0.2, -0.15) is 4.98 Å². The highest BCUT2D eigenvalue weighted by molar-refractivity contribution is 5.78. The smallest absolute Gasteiger partial charge is 0.266 e. The number of hydrogen-bond donors (Lipinski definition) is 1. The zero-order valence-corrected chi connectivity index (χ0v) is 16.5. The van der Waals surface area contributed by atoms with E-state index >= 15 is 0 Å². The van der Waals surface area contributed by atoms with E-state index in [0.717, 1.165) is 50.5 Å². The lowest BCUT2D eigenvalue weighted by Gasteiger charge is -2.34. The van der Waals surface area contributed by atoms with Crippen LogP contribution < -0.4 is 10.2 Å². The second-order valence-electron chi connectivity index (χ2n) is 8.05. The number of nitrogens with zero attached hydrogens (tertiary/aromatic N) is 4. The van der Waals surface area contributed by atoms with E-state index in [2.05, 4.69) is 32.2 Å². The fraction of sp³-hybridized carbons (Fsp3) is 0.571. The van der Waals surface area contributed by atoms with Crippen LogP contribution in [0.4, 0.5) is 5.95 Å². The summed E-state index contributed by atoms with van der Waals surface area (Å²) in [5.74, 6) is 2.12. The van der Waals surface area contributed by atoms with Gasteiger partial charge in [0.25, 0.3) is 11.8 Å². The van der Waals surface area contributed by atoms with Crippen molar-refractivity contribution in [1.29, 1.82) is 0 Å². The summed E-state index contributed by atoms with van der Waals surface area (Å²) < 4.78 is 5.41. The van der Waals surface area contributed by atoms with Crippen molar-refractivity contribution in [2.75, 3.05) is 37.6 Å². The van der Waals surface area contributed by atoms with Gasteiger partial charge in [0.05, 0.1) is 6.54 Å². The van der Waals surface area contributed by atoms with Gasteiger partial charge in [0.1, 0.15) is 0 Å². The molecule has 0 bridgehead atoms. The molecule has 0 unspecified atom stereocenters. The molecule has 7 nitrogen and oxygen atoms in total. The first-order valence-electron chi connectivity index (χ1n) is 10.3. The molecule has 0 radical (unpaired) electrons. The number of piperazine rings is 1. The van der Waals surface area contributed by atoms with Crippen LogP contribution in [0, 0.1) is 5.92 Å². The second kappa shape index (κ2) is 8.73. The minimum absolute atomic E-state index is 0.152. The Bertz CT molecular complexity index is 762. The summed E-state index contributed by atoms with van der Waals surface area (Å²) in [6.45, 7) is 6.00. The summed E-state index contributed by atoms with van der Waals surface area (Å²) >= 11 is 0. The Morgan fingerprint density at radius 3 is 2.54 bits per heavy atom. The van der Waals surface area contributed by atoms with E-state index in [1.165, 1.54) is 12.8 Å². The van der Waals surface area contributed by atoms with Crippen LogP contribution in [-0.2, 0) is 4.79 Å². The predicted octanol–water partition coefficient (Wildman–Crippen LogP) is 2.55. The molecule has 1 saturated heterocycles. The van der Waals surface area contributed by atoms with Crippen molar-refractivity contribution in [2.24, 2.45) is 5.92 Å². The van der Waals surface area contributed by atoms with Crippen molar-refractivity contribution in [2.45, 2.75) is 38.6 Å². The maximum atomic E-state index is 12.4. The third kappa shape index (κ3) is 4.70.